The second-order valence-electron chi connectivity index (χ2n) is 5.28. The van der Waals surface area contributed by atoms with Gasteiger partial charge in [0.15, 0.2) is 0 Å². The first-order chi connectivity index (χ1) is 7.95. The van der Waals surface area contributed by atoms with Gasteiger partial charge >= 0.3 is 0 Å². The lowest BCUT2D eigenvalue weighted by atomic mass is 9.97. The molecular weight excluding hydrogens is 216 g/mol. The van der Waals surface area contributed by atoms with Crippen LogP contribution in [0.25, 0.3) is 0 Å². The molecule has 0 saturated carbocycles. The second-order valence-corrected chi connectivity index (χ2v) is 5.28. The number of rotatable bonds is 4. The minimum atomic E-state index is -0.329. The van der Waals surface area contributed by atoms with Crippen LogP contribution in [0, 0.1) is 11.8 Å². The highest BCUT2D eigenvalue weighted by atomic mass is 16.2. The third-order valence-corrected chi connectivity index (χ3v) is 3.61. The predicted molar refractivity (Wildman–Crippen MR) is 67.4 cm³/mol. The Balaban J connectivity index is 2.69. The van der Waals surface area contributed by atoms with Crippen LogP contribution in [-0.4, -0.2) is 35.8 Å². The Kier molecular flexibility index (Phi) is 4.97. The number of nitrogens with zero attached hydrogens (tertiary/aromatic N) is 1. The predicted octanol–water partition coefficient (Wildman–Crippen LogP) is 1.41. The maximum absolute atomic E-state index is 12.2. The van der Waals surface area contributed by atoms with Crippen LogP contribution in [0.4, 0.5) is 0 Å². The van der Waals surface area contributed by atoms with Gasteiger partial charge < -0.3 is 10.2 Å². The number of nitrogens with one attached hydrogen (secondary N) is 1. The second kappa shape index (κ2) is 6.03. The van der Waals surface area contributed by atoms with Crippen LogP contribution in [0.2, 0.25) is 0 Å². The van der Waals surface area contributed by atoms with Crippen molar-refractivity contribution in [3.63, 3.8) is 0 Å². The molecule has 1 aliphatic heterocycles. The van der Waals surface area contributed by atoms with Gasteiger partial charge in [-0.15, -0.1) is 0 Å². The van der Waals surface area contributed by atoms with E-state index in [1.807, 2.05) is 11.8 Å². The monoisotopic (exact) mass is 240 g/mol. The van der Waals surface area contributed by atoms with Gasteiger partial charge in [0.25, 0.3) is 0 Å². The molecule has 2 amide bonds. The first kappa shape index (κ1) is 14.0. The van der Waals surface area contributed by atoms with E-state index in [1.165, 1.54) is 0 Å². The molecule has 1 N–H and O–H groups in total. The summed E-state index contributed by atoms with van der Waals surface area (Å²) in [5, 5.41) is 2.78. The van der Waals surface area contributed by atoms with Gasteiger partial charge in [0.05, 0.1) is 0 Å². The van der Waals surface area contributed by atoms with Gasteiger partial charge in [-0.25, -0.2) is 0 Å². The molecule has 0 aromatic heterocycles. The molecule has 0 aliphatic carbocycles. The molecule has 0 radical (unpaired) electrons. The number of hydrogen-bond donors (Lipinski definition) is 1. The van der Waals surface area contributed by atoms with E-state index in [4.69, 9.17) is 0 Å². The van der Waals surface area contributed by atoms with Crippen LogP contribution >= 0.6 is 0 Å². The zero-order valence-electron chi connectivity index (χ0n) is 11.3. The molecule has 1 aliphatic rings. The maximum Gasteiger partial charge on any atom is 0.245 e. The fourth-order valence-corrected chi connectivity index (χ4v) is 1.91. The lowest BCUT2D eigenvalue weighted by Gasteiger charge is -2.28. The van der Waals surface area contributed by atoms with Gasteiger partial charge in [-0.1, -0.05) is 27.7 Å². The minimum Gasteiger partial charge on any atom is -0.344 e. The van der Waals surface area contributed by atoms with E-state index in [0.717, 1.165) is 6.54 Å². The van der Waals surface area contributed by atoms with Crippen LogP contribution in [0.15, 0.2) is 0 Å². The molecule has 1 rings (SSSR count). The Hall–Kier alpha value is -1.06. The summed E-state index contributed by atoms with van der Waals surface area (Å²) in [6.07, 6.45) is 1.09. The third-order valence-electron chi connectivity index (χ3n) is 3.61. The Bertz CT molecular complexity index is 289. The van der Waals surface area contributed by atoms with Crippen LogP contribution in [0.1, 0.15) is 40.5 Å². The molecule has 2 unspecified atom stereocenters. The van der Waals surface area contributed by atoms with Gasteiger partial charge in [0.2, 0.25) is 11.8 Å². The minimum absolute atomic E-state index is 0.00935. The highest BCUT2D eigenvalue weighted by molar-refractivity contribution is 5.89. The van der Waals surface area contributed by atoms with Crippen molar-refractivity contribution in [1.82, 2.24) is 10.2 Å². The SMILES string of the molecule is CCC1NC(=O)CCN(CC(C)C(C)C)C1=O. The summed E-state index contributed by atoms with van der Waals surface area (Å²) in [4.78, 5) is 25.5. The summed E-state index contributed by atoms with van der Waals surface area (Å²) >= 11 is 0. The standard InChI is InChI=1S/C13H24N2O2/c1-5-11-13(17)15(7-6-12(16)14-11)8-10(4)9(2)3/h9-11H,5-8H2,1-4H3,(H,14,16). The number of carbonyl (C=O) groups is 2. The Morgan fingerprint density at radius 1 is 1.35 bits per heavy atom. The summed E-state index contributed by atoms with van der Waals surface area (Å²) in [6, 6.07) is -0.329. The average Bonchev–Trinajstić information content (AvgIpc) is 2.41. The summed E-state index contributed by atoms with van der Waals surface area (Å²) in [7, 11) is 0. The summed E-state index contributed by atoms with van der Waals surface area (Å²) in [6.45, 7) is 9.71. The summed E-state index contributed by atoms with van der Waals surface area (Å²) < 4.78 is 0. The first-order valence-corrected chi connectivity index (χ1v) is 6.53. The molecule has 1 heterocycles. The Morgan fingerprint density at radius 2 is 2.00 bits per heavy atom. The molecule has 0 aromatic rings. The van der Waals surface area contributed by atoms with Crippen molar-refractivity contribution < 1.29 is 9.59 Å². The van der Waals surface area contributed by atoms with E-state index in [9.17, 15) is 9.59 Å². The van der Waals surface area contributed by atoms with Crippen molar-refractivity contribution in [2.24, 2.45) is 11.8 Å². The van der Waals surface area contributed by atoms with Crippen molar-refractivity contribution in [3.05, 3.63) is 0 Å². The van der Waals surface area contributed by atoms with Crippen LogP contribution in [0.3, 0.4) is 0 Å². The fraction of sp³-hybridized carbons (Fsp3) is 0.846. The maximum atomic E-state index is 12.2. The molecule has 1 saturated heterocycles. The van der Waals surface area contributed by atoms with E-state index in [0.29, 0.717) is 31.2 Å². The van der Waals surface area contributed by atoms with Crippen molar-refractivity contribution >= 4 is 11.8 Å². The number of amides is 2. The van der Waals surface area contributed by atoms with Crippen LogP contribution < -0.4 is 5.32 Å². The largest absolute Gasteiger partial charge is 0.344 e. The highest BCUT2D eigenvalue weighted by Crippen LogP contribution is 2.14. The normalized spacial score (nSPS) is 23.6. The summed E-state index contributed by atoms with van der Waals surface area (Å²) in [5.74, 6) is 1.08. The van der Waals surface area contributed by atoms with Crippen LogP contribution in [0.5, 0.6) is 0 Å². The summed E-state index contributed by atoms with van der Waals surface area (Å²) in [5.41, 5.74) is 0. The van der Waals surface area contributed by atoms with E-state index >= 15 is 0 Å². The zero-order valence-corrected chi connectivity index (χ0v) is 11.3. The van der Waals surface area contributed by atoms with E-state index in [1.54, 1.807) is 0 Å². The topological polar surface area (TPSA) is 49.4 Å². The highest BCUT2D eigenvalue weighted by Gasteiger charge is 2.29. The van der Waals surface area contributed by atoms with Gasteiger partial charge in [0.1, 0.15) is 6.04 Å². The zero-order chi connectivity index (χ0) is 13.0. The third kappa shape index (κ3) is 3.72. The van der Waals surface area contributed by atoms with Crippen molar-refractivity contribution in [3.8, 4) is 0 Å². The smallest absolute Gasteiger partial charge is 0.245 e. The van der Waals surface area contributed by atoms with Crippen LogP contribution in [-0.2, 0) is 9.59 Å². The molecule has 98 valence electrons. The van der Waals surface area contributed by atoms with Crippen molar-refractivity contribution in [2.75, 3.05) is 13.1 Å². The van der Waals surface area contributed by atoms with E-state index < -0.39 is 0 Å². The van der Waals surface area contributed by atoms with Crippen molar-refractivity contribution in [2.45, 2.75) is 46.6 Å². The lowest BCUT2D eigenvalue weighted by molar-refractivity contribution is -0.134. The number of carbonyl (C=O) groups excluding carboxylic acids is 2. The molecule has 17 heavy (non-hydrogen) atoms. The molecule has 4 nitrogen and oxygen atoms in total. The molecule has 2 atom stereocenters. The first-order valence-electron chi connectivity index (χ1n) is 6.53. The lowest BCUT2D eigenvalue weighted by Crippen LogP contribution is -2.45. The quantitative estimate of drug-likeness (QED) is 0.807. The molecular formula is C13H24N2O2. The van der Waals surface area contributed by atoms with Gasteiger partial charge in [-0.05, 0) is 18.3 Å². The van der Waals surface area contributed by atoms with E-state index in [2.05, 4.69) is 26.1 Å². The van der Waals surface area contributed by atoms with Crippen molar-refractivity contribution in [1.29, 1.82) is 0 Å². The number of hydrogen-bond acceptors (Lipinski definition) is 2. The molecule has 1 fully saturated rings. The Labute approximate surface area is 104 Å². The van der Waals surface area contributed by atoms with Gasteiger partial charge in [0, 0.05) is 19.5 Å². The molecule has 0 spiro atoms. The van der Waals surface area contributed by atoms with E-state index in [-0.39, 0.29) is 17.9 Å². The molecule has 0 aromatic carbocycles. The molecule has 0 bridgehead atoms. The van der Waals surface area contributed by atoms with Gasteiger partial charge in [-0.3, -0.25) is 9.59 Å². The van der Waals surface area contributed by atoms with Gasteiger partial charge in [-0.2, -0.15) is 0 Å². The fourth-order valence-electron chi connectivity index (χ4n) is 1.91. The Morgan fingerprint density at radius 3 is 2.53 bits per heavy atom. The molecule has 4 heteroatoms. The average molecular weight is 240 g/mol.